The van der Waals surface area contributed by atoms with Crippen LogP contribution in [-0.2, 0) is 11.0 Å². The number of pyridine rings is 1. The molecular formula is C16H13F3N4O. The van der Waals surface area contributed by atoms with Gasteiger partial charge in [-0.2, -0.15) is 18.3 Å². The highest BCUT2D eigenvalue weighted by Crippen LogP contribution is 2.37. The first-order valence-electron chi connectivity index (χ1n) is 7.06. The van der Waals surface area contributed by atoms with Crippen LogP contribution in [0, 0.1) is 0 Å². The van der Waals surface area contributed by atoms with Gasteiger partial charge in [0.25, 0.3) is 5.91 Å². The molecule has 1 aliphatic rings. The predicted molar refractivity (Wildman–Crippen MR) is 82.0 cm³/mol. The van der Waals surface area contributed by atoms with Gasteiger partial charge in [0, 0.05) is 25.0 Å². The molecule has 2 aromatic rings. The van der Waals surface area contributed by atoms with Crippen molar-refractivity contribution in [3.05, 3.63) is 53.9 Å². The average Bonchev–Trinajstić information content (AvgIpc) is 2.54. The summed E-state index contributed by atoms with van der Waals surface area (Å²) in [5.74, 6) is -0.0351. The quantitative estimate of drug-likeness (QED) is 0.918. The van der Waals surface area contributed by atoms with Crippen molar-refractivity contribution in [3.63, 3.8) is 0 Å². The summed E-state index contributed by atoms with van der Waals surface area (Å²) in [5, 5.41) is 3.85. The van der Waals surface area contributed by atoms with Gasteiger partial charge in [-0.1, -0.05) is 12.1 Å². The minimum absolute atomic E-state index is 0.0340. The molecule has 3 rings (SSSR count). The number of nitrogens with zero attached hydrogens (tertiary/aromatic N) is 3. The standard InChI is InChI=1S/C16H13F3N4O/c1-23-9-14(24)21-22-15(23)11-2-3-12(10-4-6-20-7-5-10)13(8-11)16(17,18)19/h2-8H,9H2,1H3,(H,21,24). The van der Waals surface area contributed by atoms with Crippen LogP contribution in [0.5, 0.6) is 0 Å². The number of amides is 1. The lowest BCUT2D eigenvalue weighted by Gasteiger charge is -2.25. The van der Waals surface area contributed by atoms with Gasteiger partial charge in [-0.25, -0.2) is 5.43 Å². The molecular weight excluding hydrogens is 321 g/mol. The van der Waals surface area contributed by atoms with Crippen LogP contribution in [0.15, 0.2) is 47.8 Å². The van der Waals surface area contributed by atoms with Crippen LogP contribution in [0.3, 0.4) is 0 Å². The molecule has 1 aromatic carbocycles. The molecule has 5 nitrogen and oxygen atoms in total. The summed E-state index contributed by atoms with van der Waals surface area (Å²) in [4.78, 5) is 16.6. The molecule has 8 heteroatoms. The Morgan fingerprint density at radius 2 is 1.83 bits per heavy atom. The lowest BCUT2D eigenvalue weighted by Crippen LogP contribution is -2.43. The topological polar surface area (TPSA) is 57.6 Å². The Balaban J connectivity index is 2.11. The number of amidine groups is 1. The Bertz CT molecular complexity index is 803. The smallest absolute Gasteiger partial charge is 0.348 e. The van der Waals surface area contributed by atoms with E-state index >= 15 is 0 Å². The number of alkyl halides is 3. The van der Waals surface area contributed by atoms with Crippen LogP contribution < -0.4 is 5.43 Å². The Hall–Kier alpha value is -2.90. The maximum atomic E-state index is 13.5. The first-order valence-corrected chi connectivity index (χ1v) is 7.06. The summed E-state index contributed by atoms with van der Waals surface area (Å²) in [6.45, 7) is 0.0340. The molecule has 0 bridgehead atoms. The number of likely N-dealkylation sites (N-methyl/N-ethyl adjacent to an activating group) is 1. The van der Waals surface area contributed by atoms with Crippen molar-refractivity contribution >= 4 is 11.7 Å². The van der Waals surface area contributed by atoms with Crippen molar-refractivity contribution in [2.45, 2.75) is 6.18 Å². The second kappa shape index (κ2) is 5.95. The highest BCUT2D eigenvalue weighted by atomic mass is 19.4. The van der Waals surface area contributed by atoms with Crippen LogP contribution >= 0.6 is 0 Å². The van der Waals surface area contributed by atoms with Crippen LogP contribution in [0.25, 0.3) is 11.1 Å². The van der Waals surface area contributed by atoms with Gasteiger partial charge in [-0.15, -0.1) is 0 Å². The maximum absolute atomic E-state index is 13.5. The molecule has 0 atom stereocenters. The molecule has 0 saturated heterocycles. The zero-order valence-electron chi connectivity index (χ0n) is 12.6. The Labute approximate surface area is 135 Å². The molecule has 1 aliphatic heterocycles. The number of hydrogen-bond acceptors (Lipinski definition) is 4. The third-order valence-electron chi connectivity index (χ3n) is 3.60. The monoisotopic (exact) mass is 334 g/mol. The Morgan fingerprint density at radius 1 is 1.12 bits per heavy atom. The zero-order chi connectivity index (χ0) is 17.3. The lowest BCUT2D eigenvalue weighted by molar-refractivity contribution is -0.137. The predicted octanol–water partition coefficient (Wildman–Crippen LogP) is 2.49. The summed E-state index contributed by atoms with van der Waals surface area (Å²) < 4.78 is 40.5. The van der Waals surface area contributed by atoms with E-state index < -0.39 is 11.7 Å². The van der Waals surface area contributed by atoms with Gasteiger partial charge in [0.1, 0.15) is 0 Å². The Kier molecular flexibility index (Phi) is 3.96. The van der Waals surface area contributed by atoms with E-state index in [2.05, 4.69) is 15.5 Å². The molecule has 24 heavy (non-hydrogen) atoms. The third-order valence-corrected chi connectivity index (χ3v) is 3.60. The number of hydrazone groups is 1. The molecule has 0 spiro atoms. The summed E-state index contributed by atoms with van der Waals surface area (Å²) in [7, 11) is 1.60. The van der Waals surface area contributed by atoms with Crippen molar-refractivity contribution in [3.8, 4) is 11.1 Å². The van der Waals surface area contributed by atoms with Crippen molar-refractivity contribution < 1.29 is 18.0 Å². The first kappa shape index (κ1) is 16.0. The molecule has 124 valence electrons. The van der Waals surface area contributed by atoms with E-state index in [9.17, 15) is 18.0 Å². The maximum Gasteiger partial charge on any atom is 0.417 e. The van der Waals surface area contributed by atoms with E-state index in [1.54, 1.807) is 13.1 Å². The third kappa shape index (κ3) is 3.08. The van der Waals surface area contributed by atoms with Gasteiger partial charge in [-0.3, -0.25) is 9.78 Å². The van der Waals surface area contributed by atoms with E-state index in [0.717, 1.165) is 6.07 Å². The number of hydrogen-bond donors (Lipinski definition) is 1. The zero-order valence-corrected chi connectivity index (χ0v) is 12.6. The summed E-state index contributed by atoms with van der Waals surface area (Å²) in [6.07, 6.45) is -1.64. The highest BCUT2D eigenvalue weighted by molar-refractivity contribution is 6.03. The van der Waals surface area contributed by atoms with E-state index in [1.807, 2.05) is 0 Å². The fourth-order valence-electron chi connectivity index (χ4n) is 2.51. The van der Waals surface area contributed by atoms with E-state index in [-0.39, 0.29) is 29.4 Å². The van der Waals surface area contributed by atoms with Crippen molar-refractivity contribution in [1.29, 1.82) is 0 Å². The lowest BCUT2D eigenvalue weighted by atomic mass is 9.97. The SMILES string of the molecule is CN1CC(=O)NN=C1c1ccc(-c2ccncc2)c(C(F)(F)F)c1. The fraction of sp³-hybridized carbons (Fsp3) is 0.188. The van der Waals surface area contributed by atoms with Gasteiger partial charge < -0.3 is 4.90 Å². The largest absolute Gasteiger partial charge is 0.417 e. The number of aromatic nitrogens is 1. The molecule has 0 unspecified atom stereocenters. The minimum Gasteiger partial charge on any atom is -0.348 e. The number of rotatable bonds is 2. The van der Waals surface area contributed by atoms with E-state index in [1.165, 1.54) is 35.5 Å². The number of halogens is 3. The van der Waals surface area contributed by atoms with Crippen molar-refractivity contribution in [2.75, 3.05) is 13.6 Å². The molecule has 0 radical (unpaired) electrons. The second-order valence-electron chi connectivity index (χ2n) is 5.32. The molecule has 1 amide bonds. The minimum atomic E-state index is -4.52. The summed E-state index contributed by atoms with van der Waals surface area (Å²) in [6, 6.07) is 7.05. The molecule has 0 fully saturated rings. The number of benzene rings is 1. The summed E-state index contributed by atoms with van der Waals surface area (Å²) >= 11 is 0. The molecule has 1 N–H and O–H groups in total. The van der Waals surface area contributed by atoms with Crippen LogP contribution in [0.4, 0.5) is 13.2 Å². The number of carbonyl (C=O) groups excluding carboxylic acids is 1. The highest BCUT2D eigenvalue weighted by Gasteiger charge is 2.34. The fourth-order valence-corrected chi connectivity index (χ4v) is 2.51. The molecule has 0 saturated carbocycles. The van der Waals surface area contributed by atoms with Crippen molar-refractivity contribution in [2.24, 2.45) is 5.10 Å². The second-order valence-corrected chi connectivity index (χ2v) is 5.32. The molecule has 0 aliphatic carbocycles. The van der Waals surface area contributed by atoms with E-state index in [0.29, 0.717) is 5.56 Å². The van der Waals surface area contributed by atoms with Crippen LogP contribution in [0.2, 0.25) is 0 Å². The number of nitrogens with one attached hydrogen (secondary N) is 1. The van der Waals surface area contributed by atoms with Gasteiger partial charge in [0.15, 0.2) is 5.84 Å². The normalized spacial score (nSPS) is 15.1. The van der Waals surface area contributed by atoms with Crippen LogP contribution in [-0.4, -0.2) is 35.2 Å². The summed E-state index contributed by atoms with van der Waals surface area (Å²) in [5.41, 5.74) is 2.29. The Morgan fingerprint density at radius 3 is 2.46 bits per heavy atom. The molecule has 1 aromatic heterocycles. The molecule has 2 heterocycles. The van der Waals surface area contributed by atoms with Crippen molar-refractivity contribution in [1.82, 2.24) is 15.3 Å². The van der Waals surface area contributed by atoms with Crippen LogP contribution in [0.1, 0.15) is 11.1 Å². The van der Waals surface area contributed by atoms with Gasteiger partial charge in [-0.05, 0) is 29.3 Å². The van der Waals surface area contributed by atoms with Gasteiger partial charge in [0.05, 0.1) is 12.1 Å². The number of carbonyl (C=O) groups is 1. The first-order chi connectivity index (χ1) is 11.4. The van der Waals surface area contributed by atoms with Gasteiger partial charge >= 0.3 is 6.18 Å². The van der Waals surface area contributed by atoms with E-state index in [4.69, 9.17) is 0 Å². The average molecular weight is 334 g/mol. The van der Waals surface area contributed by atoms with Gasteiger partial charge in [0.2, 0.25) is 0 Å².